The Kier molecular flexibility index (Phi) is 6.07. The lowest BCUT2D eigenvalue weighted by atomic mass is 9.92. The molecule has 1 fully saturated rings. The van der Waals surface area contributed by atoms with E-state index in [4.69, 9.17) is 20.7 Å². The molecule has 4 aromatic rings. The molecule has 2 atom stereocenters. The number of fused-ring (bicyclic) bond motifs is 1. The largest absolute Gasteiger partial charge is 0.486 e. The van der Waals surface area contributed by atoms with Crippen molar-refractivity contribution in [3.8, 4) is 17.1 Å². The summed E-state index contributed by atoms with van der Waals surface area (Å²) in [4.78, 5) is 32.8. The lowest BCUT2D eigenvalue weighted by Crippen LogP contribution is -2.33. The first-order chi connectivity index (χ1) is 17.4. The lowest BCUT2D eigenvalue weighted by molar-refractivity contribution is -0.134. The monoisotopic (exact) mass is 486 g/mol. The second-order valence-corrected chi connectivity index (χ2v) is 8.88. The summed E-state index contributed by atoms with van der Waals surface area (Å²) in [6, 6.07) is 19.5. The van der Waals surface area contributed by atoms with Crippen LogP contribution in [-0.4, -0.2) is 27.0 Å². The van der Waals surface area contributed by atoms with Gasteiger partial charge in [-0.15, -0.1) is 0 Å². The molecule has 2 aromatic carbocycles. The van der Waals surface area contributed by atoms with Gasteiger partial charge in [0, 0.05) is 17.1 Å². The number of rotatable bonds is 8. The molecule has 0 spiro atoms. The third-order valence-corrected chi connectivity index (χ3v) is 6.62. The number of nitrogens with one attached hydrogen (secondary N) is 1. The molecule has 0 saturated heterocycles. The fourth-order valence-electron chi connectivity index (χ4n) is 4.59. The van der Waals surface area contributed by atoms with E-state index in [9.17, 15) is 14.0 Å². The molecular weight excluding hydrogens is 463 g/mol. The summed E-state index contributed by atoms with van der Waals surface area (Å²) in [6.45, 7) is 0.100. The van der Waals surface area contributed by atoms with Crippen LogP contribution < -0.4 is 16.0 Å². The Morgan fingerprint density at radius 1 is 1.11 bits per heavy atom. The van der Waals surface area contributed by atoms with E-state index in [0.29, 0.717) is 11.3 Å². The normalized spacial score (nSPS) is 18.6. The summed E-state index contributed by atoms with van der Waals surface area (Å²) in [5, 5.41) is 9.76. The molecule has 182 valence electrons. The maximum Gasteiger partial charge on any atom is 0.247 e. The number of benzene rings is 2. The highest BCUT2D eigenvalue weighted by molar-refractivity contribution is 5.95. The number of carbonyl (C=O) groups is 2. The van der Waals surface area contributed by atoms with E-state index in [0.717, 1.165) is 22.2 Å². The van der Waals surface area contributed by atoms with Crippen molar-refractivity contribution >= 4 is 22.7 Å². The van der Waals surface area contributed by atoms with E-state index >= 15 is 0 Å². The van der Waals surface area contributed by atoms with Crippen LogP contribution >= 0.6 is 0 Å². The third-order valence-electron chi connectivity index (χ3n) is 6.62. The number of carbonyl (C=O) groups excluding carboxylic acids is 2. The van der Waals surface area contributed by atoms with Crippen LogP contribution in [0.15, 0.2) is 72.9 Å². The van der Waals surface area contributed by atoms with Crippen LogP contribution in [0, 0.1) is 17.2 Å². The van der Waals surface area contributed by atoms with Crippen molar-refractivity contribution in [2.75, 3.05) is 0 Å². The van der Waals surface area contributed by atoms with Gasteiger partial charge in [0.15, 0.2) is 11.6 Å². The van der Waals surface area contributed by atoms with E-state index in [-0.39, 0.29) is 25.2 Å². The Labute approximate surface area is 205 Å². The molecule has 1 saturated carbocycles. The van der Waals surface area contributed by atoms with Crippen LogP contribution in [-0.2, 0) is 22.6 Å². The Morgan fingerprint density at radius 2 is 1.92 bits per heavy atom. The van der Waals surface area contributed by atoms with Crippen molar-refractivity contribution in [2.45, 2.75) is 19.4 Å². The SMILES string of the molecule is NC(=O)C1(Cc2ccc(OCc3cc(-c4ccccn4)nc4ccccc34)c(F)c2)CC1C(=O)NO. The zero-order chi connectivity index (χ0) is 25.3. The van der Waals surface area contributed by atoms with Crippen LogP contribution in [0.2, 0.25) is 0 Å². The molecular formula is C27H23FN4O4. The first kappa shape index (κ1) is 23.4. The fraction of sp³-hybridized carbons (Fsp3) is 0.185. The molecule has 0 radical (unpaired) electrons. The minimum atomic E-state index is -1.14. The number of pyridine rings is 2. The number of hydrogen-bond acceptors (Lipinski definition) is 6. The predicted octanol–water partition coefficient (Wildman–Crippen LogP) is 3.55. The van der Waals surface area contributed by atoms with Gasteiger partial charge in [0.2, 0.25) is 11.8 Å². The molecule has 8 nitrogen and oxygen atoms in total. The van der Waals surface area contributed by atoms with Gasteiger partial charge in [-0.1, -0.05) is 30.3 Å². The van der Waals surface area contributed by atoms with E-state index in [1.807, 2.05) is 48.5 Å². The predicted molar refractivity (Wildman–Crippen MR) is 129 cm³/mol. The summed E-state index contributed by atoms with van der Waals surface area (Å²) >= 11 is 0. The highest BCUT2D eigenvalue weighted by atomic mass is 19.1. The van der Waals surface area contributed by atoms with Crippen LogP contribution in [0.1, 0.15) is 17.5 Å². The topological polar surface area (TPSA) is 127 Å². The van der Waals surface area contributed by atoms with Gasteiger partial charge in [-0.2, -0.15) is 0 Å². The zero-order valence-corrected chi connectivity index (χ0v) is 19.1. The second-order valence-electron chi connectivity index (χ2n) is 8.88. The molecule has 0 aliphatic heterocycles. The molecule has 2 aromatic heterocycles. The molecule has 1 aliphatic rings. The van der Waals surface area contributed by atoms with E-state index in [2.05, 4.69) is 4.98 Å². The zero-order valence-electron chi connectivity index (χ0n) is 19.1. The number of hydroxylamine groups is 1. The minimum Gasteiger partial charge on any atom is -0.486 e. The van der Waals surface area contributed by atoms with Crippen molar-refractivity contribution in [3.05, 3.63) is 89.9 Å². The highest BCUT2D eigenvalue weighted by Crippen LogP contribution is 2.54. The Hall–Kier alpha value is -4.37. The molecule has 9 heteroatoms. The molecule has 0 bridgehead atoms. The third kappa shape index (κ3) is 4.36. The number of nitrogens with zero attached hydrogens (tertiary/aromatic N) is 2. The van der Waals surface area contributed by atoms with Gasteiger partial charge in [-0.3, -0.25) is 19.8 Å². The molecule has 1 aliphatic carbocycles. The average molecular weight is 487 g/mol. The average Bonchev–Trinajstić information content (AvgIpc) is 3.63. The van der Waals surface area contributed by atoms with E-state index < -0.39 is 29.0 Å². The molecule has 2 amide bonds. The summed E-state index contributed by atoms with van der Waals surface area (Å²) < 4.78 is 20.8. The summed E-state index contributed by atoms with van der Waals surface area (Å²) in [6.07, 6.45) is 1.98. The first-order valence-corrected chi connectivity index (χ1v) is 11.4. The molecule has 2 heterocycles. The van der Waals surface area contributed by atoms with Crippen molar-refractivity contribution in [1.29, 1.82) is 0 Å². The van der Waals surface area contributed by atoms with Crippen molar-refractivity contribution in [3.63, 3.8) is 0 Å². The standard InChI is InChI=1S/C27H23FN4O4/c28-20-11-16(13-27(26(29)34)14-19(27)25(33)32-35)8-9-24(20)36-15-17-12-23(22-7-3-4-10-30-22)31-21-6-2-1-5-18(17)21/h1-12,19,35H,13-15H2,(H2,29,34)(H,32,33). The van der Waals surface area contributed by atoms with Gasteiger partial charge in [-0.25, -0.2) is 14.9 Å². The first-order valence-electron chi connectivity index (χ1n) is 11.4. The lowest BCUT2D eigenvalue weighted by Gasteiger charge is -2.15. The number of hydrogen-bond donors (Lipinski definition) is 3. The number of halogens is 1. The summed E-state index contributed by atoms with van der Waals surface area (Å²) in [7, 11) is 0. The van der Waals surface area contributed by atoms with E-state index in [1.165, 1.54) is 12.1 Å². The number of para-hydroxylation sites is 1. The minimum absolute atomic E-state index is 0.0487. The molecule has 5 rings (SSSR count). The molecule has 36 heavy (non-hydrogen) atoms. The second kappa shape index (κ2) is 9.35. The van der Waals surface area contributed by atoms with Crippen LogP contribution in [0.25, 0.3) is 22.3 Å². The summed E-state index contributed by atoms with van der Waals surface area (Å²) in [5.41, 5.74) is 9.44. The fourth-order valence-corrected chi connectivity index (χ4v) is 4.59. The number of amides is 2. The number of primary amides is 1. The molecule has 2 unspecified atom stereocenters. The maximum atomic E-state index is 14.9. The highest BCUT2D eigenvalue weighted by Gasteiger charge is 2.62. The van der Waals surface area contributed by atoms with Crippen molar-refractivity contribution < 1.29 is 23.9 Å². The van der Waals surface area contributed by atoms with Crippen LogP contribution in [0.5, 0.6) is 5.75 Å². The number of aromatic nitrogens is 2. The number of nitrogens with two attached hydrogens (primary N) is 1. The van der Waals surface area contributed by atoms with Gasteiger partial charge < -0.3 is 10.5 Å². The van der Waals surface area contributed by atoms with Crippen LogP contribution in [0.4, 0.5) is 4.39 Å². The Morgan fingerprint density at radius 3 is 2.64 bits per heavy atom. The van der Waals surface area contributed by atoms with Gasteiger partial charge in [0.05, 0.1) is 28.2 Å². The Bertz CT molecular complexity index is 1460. The van der Waals surface area contributed by atoms with Crippen molar-refractivity contribution in [2.24, 2.45) is 17.1 Å². The Balaban J connectivity index is 1.37. The summed E-state index contributed by atoms with van der Waals surface area (Å²) in [5.74, 6) is -2.63. The number of ether oxygens (including phenoxy) is 1. The van der Waals surface area contributed by atoms with E-state index in [1.54, 1.807) is 17.7 Å². The van der Waals surface area contributed by atoms with Crippen LogP contribution in [0.3, 0.4) is 0 Å². The quantitative estimate of drug-likeness (QED) is 0.258. The smallest absolute Gasteiger partial charge is 0.247 e. The maximum absolute atomic E-state index is 14.9. The van der Waals surface area contributed by atoms with Gasteiger partial charge in [0.1, 0.15) is 6.61 Å². The van der Waals surface area contributed by atoms with Gasteiger partial charge in [-0.05, 0) is 54.8 Å². The molecule has 4 N–H and O–H groups in total. The van der Waals surface area contributed by atoms with Gasteiger partial charge in [0.25, 0.3) is 0 Å². The van der Waals surface area contributed by atoms with Crippen molar-refractivity contribution in [1.82, 2.24) is 15.4 Å². The van der Waals surface area contributed by atoms with Gasteiger partial charge >= 0.3 is 0 Å².